The first-order valence-corrected chi connectivity index (χ1v) is 5.53. The molecular weight excluding hydrogens is 204 g/mol. The molecule has 0 unspecified atom stereocenters. The Hall–Kier alpha value is -1.35. The molecular formula is C13H16O3. The standard InChI is InChI=1S/C13H16O3/c1-15-13-5-4-11(7-14)6-12(13)9-16-8-10-2-3-10/h4-7,10H,2-3,8-9H2,1H3. The van der Waals surface area contributed by atoms with Crippen molar-refractivity contribution >= 4 is 6.29 Å². The Kier molecular flexibility index (Phi) is 3.57. The maximum atomic E-state index is 10.7. The predicted octanol–water partition coefficient (Wildman–Crippen LogP) is 2.43. The first-order valence-electron chi connectivity index (χ1n) is 5.53. The molecule has 0 atom stereocenters. The summed E-state index contributed by atoms with van der Waals surface area (Å²) in [6.07, 6.45) is 3.40. The molecule has 0 saturated heterocycles. The van der Waals surface area contributed by atoms with E-state index in [2.05, 4.69) is 0 Å². The molecule has 0 radical (unpaired) electrons. The van der Waals surface area contributed by atoms with Crippen LogP contribution in [0, 0.1) is 5.92 Å². The van der Waals surface area contributed by atoms with Crippen molar-refractivity contribution < 1.29 is 14.3 Å². The molecule has 0 spiro atoms. The zero-order chi connectivity index (χ0) is 11.4. The average molecular weight is 220 g/mol. The third-order valence-electron chi connectivity index (χ3n) is 2.75. The van der Waals surface area contributed by atoms with E-state index < -0.39 is 0 Å². The van der Waals surface area contributed by atoms with Crippen molar-refractivity contribution in [2.45, 2.75) is 19.4 Å². The Morgan fingerprint density at radius 3 is 2.88 bits per heavy atom. The fourth-order valence-corrected chi connectivity index (χ4v) is 1.60. The van der Waals surface area contributed by atoms with Gasteiger partial charge >= 0.3 is 0 Å². The number of aldehydes is 1. The van der Waals surface area contributed by atoms with Crippen LogP contribution in [0.5, 0.6) is 5.75 Å². The third-order valence-corrected chi connectivity index (χ3v) is 2.75. The maximum absolute atomic E-state index is 10.7. The molecule has 1 saturated carbocycles. The molecule has 0 heterocycles. The normalized spacial score (nSPS) is 14.8. The van der Waals surface area contributed by atoms with Crippen LogP contribution in [0.4, 0.5) is 0 Å². The van der Waals surface area contributed by atoms with Gasteiger partial charge in [-0.05, 0) is 37.0 Å². The summed E-state index contributed by atoms with van der Waals surface area (Å²) in [5.74, 6) is 1.53. The van der Waals surface area contributed by atoms with Gasteiger partial charge in [0.2, 0.25) is 0 Å². The molecule has 1 aliphatic rings. The Bertz CT molecular complexity index is 369. The predicted molar refractivity (Wildman–Crippen MR) is 60.8 cm³/mol. The van der Waals surface area contributed by atoms with Crippen LogP contribution in [-0.4, -0.2) is 20.0 Å². The summed E-state index contributed by atoms with van der Waals surface area (Å²) >= 11 is 0. The number of hydrogen-bond donors (Lipinski definition) is 0. The van der Waals surface area contributed by atoms with E-state index in [1.165, 1.54) is 12.8 Å². The molecule has 0 aromatic heterocycles. The first-order chi connectivity index (χ1) is 7.83. The summed E-state index contributed by atoms with van der Waals surface area (Å²) in [6, 6.07) is 5.37. The Morgan fingerprint density at radius 2 is 2.25 bits per heavy atom. The minimum Gasteiger partial charge on any atom is -0.496 e. The van der Waals surface area contributed by atoms with Crippen LogP contribution in [0.1, 0.15) is 28.8 Å². The van der Waals surface area contributed by atoms with Gasteiger partial charge in [0, 0.05) is 17.7 Å². The lowest BCUT2D eigenvalue weighted by Gasteiger charge is -2.09. The van der Waals surface area contributed by atoms with Crippen LogP contribution in [0.25, 0.3) is 0 Å². The van der Waals surface area contributed by atoms with E-state index in [0.29, 0.717) is 12.2 Å². The van der Waals surface area contributed by atoms with E-state index >= 15 is 0 Å². The minimum absolute atomic E-state index is 0.515. The topological polar surface area (TPSA) is 35.5 Å². The monoisotopic (exact) mass is 220 g/mol. The van der Waals surface area contributed by atoms with Crippen molar-refractivity contribution in [3.05, 3.63) is 29.3 Å². The fourth-order valence-electron chi connectivity index (χ4n) is 1.60. The quantitative estimate of drug-likeness (QED) is 0.691. The highest BCUT2D eigenvalue weighted by Gasteiger charge is 2.21. The smallest absolute Gasteiger partial charge is 0.150 e. The summed E-state index contributed by atoms with van der Waals surface area (Å²) < 4.78 is 10.8. The molecule has 1 aromatic rings. The van der Waals surface area contributed by atoms with Crippen molar-refractivity contribution in [3.63, 3.8) is 0 Å². The van der Waals surface area contributed by atoms with Crippen molar-refractivity contribution in [1.29, 1.82) is 0 Å². The SMILES string of the molecule is COc1ccc(C=O)cc1COCC1CC1. The Labute approximate surface area is 95.4 Å². The van der Waals surface area contributed by atoms with Crippen LogP contribution in [0.15, 0.2) is 18.2 Å². The van der Waals surface area contributed by atoms with E-state index in [4.69, 9.17) is 9.47 Å². The van der Waals surface area contributed by atoms with Crippen molar-refractivity contribution in [2.24, 2.45) is 5.92 Å². The molecule has 0 aliphatic heterocycles. The molecule has 0 amide bonds. The van der Waals surface area contributed by atoms with Gasteiger partial charge in [-0.1, -0.05) is 0 Å². The number of ether oxygens (including phenoxy) is 2. The maximum Gasteiger partial charge on any atom is 0.150 e. The number of methoxy groups -OCH3 is 1. The molecule has 0 bridgehead atoms. The van der Waals surface area contributed by atoms with Gasteiger partial charge in [-0.25, -0.2) is 0 Å². The molecule has 1 fully saturated rings. The van der Waals surface area contributed by atoms with Gasteiger partial charge in [-0.3, -0.25) is 4.79 Å². The Morgan fingerprint density at radius 1 is 1.44 bits per heavy atom. The fraction of sp³-hybridized carbons (Fsp3) is 0.462. The minimum atomic E-state index is 0.515. The molecule has 1 aliphatic carbocycles. The zero-order valence-corrected chi connectivity index (χ0v) is 9.44. The van der Waals surface area contributed by atoms with Crippen molar-refractivity contribution in [3.8, 4) is 5.75 Å². The van der Waals surface area contributed by atoms with E-state index in [1.54, 1.807) is 19.2 Å². The summed E-state index contributed by atoms with van der Waals surface area (Å²) in [5.41, 5.74) is 1.60. The number of hydrogen-bond acceptors (Lipinski definition) is 3. The summed E-state index contributed by atoms with van der Waals surface area (Å²) in [4.78, 5) is 10.7. The van der Waals surface area contributed by atoms with Crippen LogP contribution in [0.2, 0.25) is 0 Å². The van der Waals surface area contributed by atoms with Crippen LogP contribution < -0.4 is 4.74 Å². The molecule has 0 N–H and O–H groups in total. The van der Waals surface area contributed by atoms with Gasteiger partial charge in [0.05, 0.1) is 13.7 Å². The first kappa shape index (κ1) is 11.1. The van der Waals surface area contributed by atoms with E-state index in [0.717, 1.165) is 30.1 Å². The van der Waals surface area contributed by atoms with Gasteiger partial charge in [-0.15, -0.1) is 0 Å². The second-order valence-corrected chi connectivity index (χ2v) is 4.15. The summed E-state index contributed by atoms with van der Waals surface area (Å²) in [7, 11) is 1.63. The third kappa shape index (κ3) is 2.83. The lowest BCUT2D eigenvalue weighted by Crippen LogP contribution is -2.00. The van der Waals surface area contributed by atoms with Gasteiger partial charge in [0.1, 0.15) is 12.0 Å². The average Bonchev–Trinajstić information content (AvgIpc) is 3.13. The van der Waals surface area contributed by atoms with Crippen LogP contribution >= 0.6 is 0 Å². The lowest BCUT2D eigenvalue weighted by molar-refractivity contribution is 0.109. The van der Waals surface area contributed by atoms with Gasteiger partial charge < -0.3 is 9.47 Å². The molecule has 1 aromatic carbocycles. The number of carbonyl (C=O) groups is 1. The highest BCUT2D eigenvalue weighted by atomic mass is 16.5. The van der Waals surface area contributed by atoms with Gasteiger partial charge in [0.15, 0.2) is 0 Å². The van der Waals surface area contributed by atoms with E-state index in [9.17, 15) is 4.79 Å². The largest absolute Gasteiger partial charge is 0.496 e. The van der Waals surface area contributed by atoms with Gasteiger partial charge in [-0.2, -0.15) is 0 Å². The highest BCUT2D eigenvalue weighted by Crippen LogP contribution is 2.29. The van der Waals surface area contributed by atoms with E-state index in [-0.39, 0.29) is 0 Å². The van der Waals surface area contributed by atoms with Gasteiger partial charge in [0.25, 0.3) is 0 Å². The van der Waals surface area contributed by atoms with E-state index in [1.807, 2.05) is 6.07 Å². The number of carbonyl (C=O) groups excluding carboxylic acids is 1. The zero-order valence-electron chi connectivity index (χ0n) is 9.44. The Balaban J connectivity index is 1.99. The highest BCUT2D eigenvalue weighted by molar-refractivity contribution is 5.75. The van der Waals surface area contributed by atoms with Crippen LogP contribution in [-0.2, 0) is 11.3 Å². The van der Waals surface area contributed by atoms with Crippen molar-refractivity contribution in [1.82, 2.24) is 0 Å². The summed E-state index contributed by atoms with van der Waals surface area (Å²) in [5, 5.41) is 0. The molecule has 16 heavy (non-hydrogen) atoms. The van der Waals surface area contributed by atoms with Crippen LogP contribution in [0.3, 0.4) is 0 Å². The molecule has 2 rings (SSSR count). The second kappa shape index (κ2) is 5.12. The lowest BCUT2D eigenvalue weighted by atomic mass is 10.1. The molecule has 86 valence electrons. The number of benzene rings is 1. The van der Waals surface area contributed by atoms with Crippen molar-refractivity contribution in [2.75, 3.05) is 13.7 Å². The molecule has 3 nitrogen and oxygen atoms in total. The second-order valence-electron chi connectivity index (χ2n) is 4.15. The number of rotatable bonds is 6. The molecule has 3 heteroatoms. The summed E-state index contributed by atoms with van der Waals surface area (Å²) in [6.45, 7) is 1.33.